The number of amides is 1. The Hall–Kier alpha value is 0.0300. The van der Waals surface area contributed by atoms with Crippen LogP contribution in [0.25, 0.3) is 0 Å². The first kappa shape index (κ1) is 18.1. The minimum absolute atomic E-state index is 0. The van der Waals surface area contributed by atoms with Gasteiger partial charge in [0.2, 0.25) is 5.91 Å². The fraction of sp³-hybridized carbons (Fsp3) is 0.929. The van der Waals surface area contributed by atoms with E-state index in [1.807, 2.05) is 6.92 Å². The largest absolute Gasteiger partial charge is 0.378 e. The molecule has 2 fully saturated rings. The summed E-state index contributed by atoms with van der Waals surface area (Å²) in [7, 11) is 0. The molecule has 6 heteroatoms. The zero-order valence-corrected chi connectivity index (χ0v) is 14.2. The van der Waals surface area contributed by atoms with Gasteiger partial charge >= 0.3 is 0 Å². The lowest BCUT2D eigenvalue weighted by atomic mass is 9.58. The number of carbonyl (C=O) groups excluding carboxylic acids is 1. The van der Waals surface area contributed by atoms with Crippen LogP contribution in [0.2, 0.25) is 0 Å². The minimum Gasteiger partial charge on any atom is -0.378 e. The number of rotatable bonds is 6. The van der Waals surface area contributed by atoms with Gasteiger partial charge < -0.3 is 10.1 Å². The number of carbonyl (C=O) groups is 1. The van der Waals surface area contributed by atoms with Crippen molar-refractivity contribution in [3.63, 3.8) is 0 Å². The van der Waals surface area contributed by atoms with Gasteiger partial charge in [-0.2, -0.15) is 0 Å². The van der Waals surface area contributed by atoms with E-state index in [-0.39, 0.29) is 35.8 Å². The fourth-order valence-electron chi connectivity index (χ4n) is 3.42. The van der Waals surface area contributed by atoms with E-state index in [1.165, 1.54) is 0 Å². The molecule has 0 aromatic carbocycles. The quantitative estimate of drug-likeness (QED) is 0.787. The highest BCUT2D eigenvalue weighted by Crippen LogP contribution is 2.48. The van der Waals surface area contributed by atoms with Crippen LogP contribution in [0.15, 0.2) is 0 Å². The van der Waals surface area contributed by atoms with E-state index >= 15 is 0 Å². The van der Waals surface area contributed by atoms with Gasteiger partial charge in [-0.15, -0.1) is 24.2 Å². The molecule has 0 aromatic rings. The predicted octanol–water partition coefficient (Wildman–Crippen LogP) is 2.17. The molecule has 20 heavy (non-hydrogen) atoms. The number of halogens is 1. The number of thioether (sulfide) groups is 1. The molecule has 0 radical (unpaired) electrons. The van der Waals surface area contributed by atoms with E-state index < -0.39 is 0 Å². The van der Waals surface area contributed by atoms with Crippen molar-refractivity contribution in [2.75, 3.05) is 18.2 Å². The number of hydrogen-bond donors (Lipinski definition) is 2. The van der Waals surface area contributed by atoms with E-state index in [1.54, 1.807) is 11.8 Å². The van der Waals surface area contributed by atoms with Gasteiger partial charge in [-0.3, -0.25) is 10.1 Å². The summed E-state index contributed by atoms with van der Waals surface area (Å²) in [6.07, 6.45) is 3.39. The fourth-order valence-corrected chi connectivity index (χ4v) is 4.36. The standard InChI is InChI=1S/C14H26N2O2S.ClH/c1-4-14(5-2)11(7-12(14)18-6-3)16-13(17)10-8-19-9-15-10;/h10-12,15H,4-9H2,1-3H3,(H,16,17);1H. The molecule has 3 unspecified atom stereocenters. The summed E-state index contributed by atoms with van der Waals surface area (Å²) in [5.74, 6) is 1.94. The van der Waals surface area contributed by atoms with E-state index in [0.29, 0.717) is 6.10 Å². The van der Waals surface area contributed by atoms with Crippen molar-refractivity contribution in [3.8, 4) is 0 Å². The second-order valence-electron chi connectivity index (χ2n) is 5.45. The van der Waals surface area contributed by atoms with Gasteiger partial charge in [0.25, 0.3) is 0 Å². The maximum atomic E-state index is 12.2. The van der Waals surface area contributed by atoms with E-state index in [2.05, 4.69) is 24.5 Å². The van der Waals surface area contributed by atoms with Crippen molar-refractivity contribution in [1.82, 2.24) is 10.6 Å². The third-order valence-electron chi connectivity index (χ3n) is 4.82. The lowest BCUT2D eigenvalue weighted by Crippen LogP contribution is -2.65. The average Bonchev–Trinajstić information content (AvgIpc) is 2.93. The van der Waals surface area contributed by atoms with Crippen molar-refractivity contribution in [2.24, 2.45) is 5.41 Å². The van der Waals surface area contributed by atoms with Crippen LogP contribution in [0.4, 0.5) is 0 Å². The molecule has 118 valence electrons. The smallest absolute Gasteiger partial charge is 0.238 e. The summed E-state index contributed by atoms with van der Waals surface area (Å²) in [6, 6.07) is 0.265. The molecule has 1 saturated carbocycles. The summed E-state index contributed by atoms with van der Waals surface area (Å²) in [4.78, 5) is 12.2. The lowest BCUT2D eigenvalue weighted by molar-refractivity contribution is -0.149. The van der Waals surface area contributed by atoms with E-state index in [9.17, 15) is 4.79 Å². The van der Waals surface area contributed by atoms with Crippen molar-refractivity contribution in [2.45, 2.75) is 58.2 Å². The van der Waals surface area contributed by atoms with E-state index in [0.717, 1.165) is 37.5 Å². The molecule has 2 aliphatic rings. The molecular formula is C14H27ClN2O2S. The molecule has 2 N–H and O–H groups in total. The van der Waals surface area contributed by atoms with Crippen molar-refractivity contribution < 1.29 is 9.53 Å². The van der Waals surface area contributed by atoms with Crippen LogP contribution in [0.1, 0.15) is 40.0 Å². The Bertz CT molecular complexity index is 320. The van der Waals surface area contributed by atoms with Gasteiger partial charge in [0.05, 0.1) is 12.1 Å². The molecule has 1 aliphatic heterocycles. The zero-order valence-electron chi connectivity index (χ0n) is 12.6. The van der Waals surface area contributed by atoms with Crippen LogP contribution in [-0.2, 0) is 9.53 Å². The topological polar surface area (TPSA) is 50.4 Å². The van der Waals surface area contributed by atoms with Crippen LogP contribution in [-0.4, -0.2) is 42.3 Å². The Balaban J connectivity index is 0.00000200. The second kappa shape index (κ2) is 7.87. The van der Waals surface area contributed by atoms with Crippen LogP contribution in [0.5, 0.6) is 0 Å². The van der Waals surface area contributed by atoms with Gasteiger partial charge in [0, 0.05) is 29.7 Å². The number of hydrogen-bond acceptors (Lipinski definition) is 4. The van der Waals surface area contributed by atoms with Crippen LogP contribution >= 0.6 is 24.2 Å². The Kier molecular flexibility index (Phi) is 7.12. The first-order valence-electron chi connectivity index (χ1n) is 7.41. The average molecular weight is 323 g/mol. The first-order valence-corrected chi connectivity index (χ1v) is 8.56. The normalized spacial score (nSPS) is 31.2. The summed E-state index contributed by atoms with van der Waals surface area (Å²) in [5, 5.41) is 6.47. The third-order valence-corrected chi connectivity index (χ3v) is 5.76. The first-order chi connectivity index (χ1) is 9.17. The van der Waals surface area contributed by atoms with Crippen molar-refractivity contribution >= 4 is 30.1 Å². The van der Waals surface area contributed by atoms with Crippen molar-refractivity contribution in [1.29, 1.82) is 0 Å². The summed E-state index contributed by atoms with van der Waals surface area (Å²) in [6.45, 7) is 7.21. The lowest BCUT2D eigenvalue weighted by Gasteiger charge is -2.55. The molecule has 1 saturated heterocycles. The summed E-state index contributed by atoms with van der Waals surface area (Å²) >= 11 is 1.79. The van der Waals surface area contributed by atoms with Gasteiger partial charge in [-0.1, -0.05) is 13.8 Å². The summed E-state index contributed by atoms with van der Waals surface area (Å²) in [5.41, 5.74) is 0.136. The highest BCUT2D eigenvalue weighted by atomic mass is 35.5. The van der Waals surface area contributed by atoms with Crippen LogP contribution in [0, 0.1) is 5.41 Å². The van der Waals surface area contributed by atoms with E-state index in [4.69, 9.17) is 4.74 Å². The predicted molar refractivity (Wildman–Crippen MR) is 86.5 cm³/mol. The molecule has 0 aromatic heterocycles. The molecule has 1 aliphatic carbocycles. The SMILES string of the molecule is CCOC1CC(NC(=O)C2CSCN2)C1(CC)CC.Cl. The molecule has 1 heterocycles. The van der Waals surface area contributed by atoms with Gasteiger partial charge in [-0.25, -0.2) is 0 Å². The van der Waals surface area contributed by atoms with Gasteiger partial charge in [0.1, 0.15) is 0 Å². The van der Waals surface area contributed by atoms with Gasteiger partial charge in [0.15, 0.2) is 0 Å². The molecule has 3 atom stereocenters. The molecule has 4 nitrogen and oxygen atoms in total. The van der Waals surface area contributed by atoms with Crippen molar-refractivity contribution in [3.05, 3.63) is 0 Å². The number of nitrogens with one attached hydrogen (secondary N) is 2. The van der Waals surface area contributed by atoms with Crippen LogP contribution in [0.3, 0.4) is 0 Å². The number of ether oxygens (including phenoxy) is 1. The highest BCUT2D eigenvalue weighted by molar-refractivity contribution is 7.99. The Morgan fingerprint density at radius 3 is 2.60 bits per heavy atom. The molecule has 1 amide bonds. The molecule has 2 rings (SSSR count). The van der Waals surface area contributed by atoms with Crippen LogP contribution < -0.4 is 10.6 Å². The Labute approximate surface area is 132 Å². The molecule has 0 bridgehead atoms. The minimum atomic E-state index is -0.0115. The second-order valence-corrected chi connectivity index (χ2v) is 6.48. The zero-order chi connectivity index (χ0) is 13.9. The molecule has 0 spiro atoms. The summed E-state index contributed by atoms with van der Waals surface area (Å²) < 4.78 is 5.84. The maximum Gasteiger partial charge on any atom is 0.238 e. The molecular weight excluding hydrogens is 296 g/mol. The highest BCUT2D eigenvalue weighted by Gasteiger charge is 2.54. The third kappa shape index (κ3) is 3.26. The monoisotopic (exact) mass is 322 g/mol. The Morgan fingerprint density at radius 1 is 1.40 bits per heavy atom. The Morgan fingerprint density at radius 2 is 2.10 bits per heavy atom. The maximum absolute atomic E-state index is 12.2. The van der Waals surface area contributed by atoms with Gasteiger partial charge in [-0.05, 0) is 26.2 Å².